The van der Waals surface area contributed by atoms with Crippen molar-refractivity contribution in [2.75, 3.05) is 24.1 Å². The highest BCUT2D eigenvalue weighted by Crippen LogP contribution is 2.24. The molecule has 2 aromatic rings. The van der Waals surface area contributed by atoms with Gasteiger partial charge < -0.3 is 11.1 Å². The van der Waals surface area contributed by atoms with Gasteiger partial charge in [0.05, 0.1) is 16.3 Å². The topological polar surface area (TPSA) is 92.5 Å². The van der Waals surface area contributed by atoms with Crippen LogP contribution >= 0.6 is 0 Å². The lowest BCUT2D eigenvalue weighted by atomic mass is 10.0. The molecule has 26 heavy (non-hydrogen) atoms. The first-order valence-corrected chi connectivity index (χ1v) is 10.1. The van der Waals surface area contributed by atoms with Gasteiger partial charge in [0, 0.05) is 18.7 Å². The molecule has 3 rings (SSSR count). The zero-order valence-electron chi connectivity index (χ0n) is 14.7. The molecule has 0 spiro atoms. The summed E-state index contributed by atoms with van der Waals surface area (Å²) in [6.45, 7) is 3.22. The lowest BCUT2D eigenvalue weighted by molar-refractivity contribution is 0.102. The first-order chi connectivity index (χ1) is 12.4. The third-order valence-corrected chi connectivity index (χ3v) is 6.62. The summed E-state index contributed by atoms with van der Waals surface area (Å²) in [5.41, 5.74) is 7.19. The highest BCUT2D eigenvalue weighted by molar-refractivity contribution is 7.89. The van der Waals surface area contributed by atoms with E-state index in [1.165, 1.54) is 28.6 Å². The number of carbonyl (C=O) groups is 1. The van der Waals surface area contributed by atoms with E-state index in [-0.39, 0.29) is 10.8 Å². The van der Waals surface area contributed by atoms with Crippen LogP contribution in [-0.2, 0) is 10.0 Å². The van der Waals surface area contributed by atoms with Crippen LogP contribution in [-0.4, -0.2) is 31.7 Å². The normalized spacial score (nSPS) is 16.3. The quantitative estimate of drug-likeness (QED) is 0.806. The number of sulfonamides is 1. The molecule has 0 bridgehead atoms. The Bertz CT molecular complexity index is 887. The first-order valence-electron chi connectivity index (χ1n) is 8.64. The van der Waals surface area contributed by atoms with Gasteiger partial charge in [-0.05, 0) is 55.2 Å². The van der Waals surface area contributed by atoms with Gasteiger partial charge in [0.15, 0.2) is 0 Å². The van der Waals surface area contributed by atoms with Crippen molar-refractivity contribution in [2.24, 2.45) is 5.92 Å². The second-order valence-electron chi connectivity index (χ2n) is 6.65. The third kappa shape index (κ3) is 3.89. The van der Waals surface area contributed by atoms with Gasteiger partial charge in [-0.15, -0.1) is 0 Å². The number of nitrogens with two attached hydrogens (primary N) is 1. The van der Waals surface area contributed by atoms with Crippen molar-refractivity contribution in [2.45, 2.75) is 24.7 Å². The van der Waals surface area contributed by atoms with Crippen LogP contribution in [0.25, 0.3) is 0 Å². The van der Waals surface area contributed by atoms with E-state index in [9.17, 15) is 13.2 Å². The Morgan fingerprint density at radius 3 is 2.31 bits per heavy atom. The number of nitrogen functional groups attached to an aromatic ring is 1. The standard InChI is InChI=1S/C19H23N3O3S/c1-14-10-12-22(13-11-14)26(24,25)16-8-6-15(7-9-16)19(23)21-18-5-3-2-4-17(18)20/h2-9,14H,10-13,20H2,1H3,(H,21,23). The van der Waals surface area contributed by atoms with Crippen molar-refractivity contribution in [3.8, 4) is 0 Å². The van der Waals surface area contributed by atoms with E-state index in [1.54, 1.807) is 24.3 Å². The Balaban J connectivity index is 1.74. The molecule has 2 aromatic carbocycles. The van der Waals surface area contributed by atoms with Gasteiger partial charge >= 0.3 is 0 Å². The molecule has 0 unspecified atom stereocenters. The van der Waals surface area contributed by atoms with Crippen molar-refractivity contribution in [3.63, 3.8) is 0 Å². The van der Waals surface area contributed by atoms with Crippen molar-refractivity contribution in [3.05, 3.63) is 54.1 Å². The minimum atomic E-state index is -3.51. The maximum Gasteiger partial charge on any atom is 0.255 e. The second-order valence-corrected chi connectivity index (χ2v) is 8.59. The predicted molar refractivity (Wildman–Crippen MR) is 102 cm³/mol. The zero-order valence-corrected chi connectivity index (χ0v) is 15.5. The van der Waals surface area contributed by atoms with Crippen LogP contribution < -0.4 is 11.1 Å². The summed E-state index contributed by atoms with van der Waals surface area (Å²) in [5, 5.41) is 2.73. The van der Waals surface area contributed by atoms with Crippen LogP contribution in [0.1, 0.15) is 30.1 Å². The molecule has 0 aromatic heterocycles. The van der Waals surface area contributed by atoms with Gasteiger partial charge in [-0.25, -0.2) is 8.42 Å². The summed E-state index contributed by atoms with van der Waals surface area (Å²) in [6, 6.07) is 13.0. The van der Waals surface area contributed by atoms with Gasteiger partial charge in [0.2, 0.25) is 10.0 Å². The Kier molecular flexibility index (Phi) is 5.29. The molecule has 0 atom stereocenters. The van der Waals surface area contributed by atoms with Crippen LogP contribution in [0.3, 0.4) is 0 Å². The van der Waals surface area contributed by atoms with Gasteiger partial charge in [0.25, 0.3) is 5.91 Å². The molecule has 1 heterocycles. The van der Waals surface area contributed by atoms with Crippen molar-refractivity contribution in [1.29, 1.82) is 0 Å². The van der Waals surface area contributed by atoms with Crippen LogP contribution in [0.2, 0.25) is 0 Å². The summed E-state index contributed by atoms with van der Waals surface area (Å²) >= 11 is 0. The van der Waals surface area contributed by atoms with Gasteiger partial charge in [-0.1, -0.05) is 19.1 Å². The molecule has 1 amide bonds. The summed E-state index contributed by atoms with van der Waals surface area (Å²) in [6.07, 6.45) is 1.75. The Morgan fingerprint density at radius 1 is 1.08 bits per heavy atom. The minimum absolute atomic E-state index is 0.211. The molecule has 0 radical (unpaired) electrons. The molecule has 1 fully saturated rings. The van der Waals surface area contributed by atoms with Crippen LogP contribution in [0.15, 0.2) is 53.4 Å². The highest BCUT2D eigenvalue weighted by Gasteiger charge is 2.28. The molecular weight excluding hydrogens is 350 g/mol. The number of nitrogens with one attached hydrogen (secondary N) is 1. The first kappa shape index (κ1) is 18.4. The van der Waals surface area contributed by atoms with Gasteiger partial charge in [-0.2, -0.15) is 4.31 Å². The molecule has 1 aliphatic heterocycles. The fraction of sp³-hybridized carbons (Fsp3) is 0.316. The molecule has 3 N–H and O–H groups in total. The van der Waals surface area contributed by atoms with E-state index in [4.69, 9.17) is 5.73 Å². The van der Waals surface area contributed by atoms with E-state index in [0.717, 1.165) is 12.8 Å². The fourth-order valence-electron chi connectivity index (χ4n) is 2.96. The molecule has 1 aliphatic rings. The summed E-state index contributed by atoms with van der Waals surface area (Å²) in [5.74, 6) is 0.219. The lowest BCUT2D eigenvalue weighted by Gasteiger charge is -2.29. The number of rotatable bonds is 4. The molecule has 6 nitrogen and oxygen atoms in total. The molecule has 7 heteroatoms. The maximum atomic E-state index is 12.7. The van der Waals surface area contributed by atoms with E-state index >= 15 is 0 Å². The average Bonchev–Trinajstić information content (AvgIpc) is 2.64. The predicted octanol–water partition coefficient (Wildman–Crippen LogP) is 2.94. The number of hydrogen-bond acceptors (Lipinski definition) is 4. The number of benzene rings is 2. The number of piperidine rings is 1. The summed E-state index contributed by atoms with van der Waals surface area (Å²) in [7, 11) is -3.51. The van der Waals surface area contributed by atoms with Crippen LogP contribution in [0, 0.1) is 5.92 Å². The molecule has 0 saturated carbocycles. The summed E-state index contributed by atoms with van der Waals surface area (Å²) < 4.78 is 27.0. The number of anilines is 2. The summed E-state index contributed by atoms with van der Waals surface area (Å²) in [4.78, 5) is 12.5. The average molecular weight is 373 g/mol. The smallest absolute Gasteiger partial charge is 0.255 e. The number of para-hydroxylation sites is 2. The van der Waals surface area contributed by atoms with Crippen molar-refractivity contribution >= 4 is 27.3 Å². The Hall–Kier alpha value is -2.38. The molecule has 1 saturated heterocycles. The Morgan fingerprint density at radius 2 is 1.69 bits per heavy atom. The van der Waals surface area contributed by atoms with Crippen LogP contribution in [0.5, 0.6) is 0 Å². The van der Waals surface area contributed by atoms with E-state index in [0.29, 0.717) is 35.9 Å². The third-order valence-electron chi connectivity index (χ3n) is 4.71. The van der Waals surface area contributed by atoms with Gasteiger partial charge in [0.1, 0.15) is 0 Å². The van der Waals surface area contributed by atoms with E-state index < -0.39 is 10.0 Å². The number of amides is 1. The number of carbonyl (C=O) groups excluding carboxylic acids is 1. The molecular formula is C19H23N3O3S. The minimum Gasteiger partial charge on any atom is -0.397 e. The highest BCUT2D eigenvalue weighted by atomic mass is 32.2. The Labute approximate surface area is 154 Å². The lowest BCUT2D eigenvalue weighted by Crippen LogP contribution is -2.37. The number of hydrogen-bond donors (Lipinski definition) is 2. The largest absolute Gasteiger partial charge is 0.397 e. The number of nitrogens with zero attached hydrogens (tertiary/aromatic N) is 1. The second kappa shape index (κ2) is 7.47. The monoisotopic (exact) mass is 373 g/mol. The van der Waals surface area contributed by atoms with E-state index in [1.807, 2.05) is 0 Å². The van der Waals surface area contributed by atoms with Crippen LogP contribution in [0.4, 0.5) is 11.4 Å². The zero-order chi connectivity index (χ0) is 18.7. The van der Waals surface area contributed by atoms with Crippen molar-refractivity contribution in [1.82, 2.24) is 4.31 Å². The fourth-order valence-corrected chi connectivity index (χ4v) is 4.43. The SMILES string of the molecule is CC1CCN(S(=O)(=O)c2ccc(C(=O)Nc3ccccc3N)cc2)CC1. The van der Waals surface area contributed by atoms with Gasteiger partial charge in [-0.3, -0.25) is 4.79 Å². The molecule has 0 aliphatic carbocycles. The van der Waals surface area contributed by atoms with Crippen molar-refractivity contribution < 1.29 is 13.2 Å². The van der Waals surface area contributed by atoms with E-state index in [2.05, 4.69) is 12.2 Å². The molecule has 138 valence electrons. The maximum absolute atomic E-state index is 12.7.